The first-order chi connectivity index (χ1) is 13.1. The number of nitrogens with two attached hydrogens (primary N) is 2. The summed E-state index contributed by atoms with van der Waals surface area (Å²) in [4.78, 5) is 73.0. The van der Waals surface area contributed by atoms with Crippen molar-refractivity contribution in [3.05, 3.63) is 24.3 Å². The van der Waals surface area contributed by atoms with Crippen molar-refractivity contribution >= 4 is 35.2 Å². The third-order valence-electron chi connectivity index (χ3n) is 4.60. The highest BCUT2D eigenvalue weighted by molar-refractivity contribution is 6.15. The molecular formula is C17H20N4O7. The average molecular weight is 392 g/mol. The van der Waals surface area contributed by atoms with Gasteiger partial charge >= 0.3 is 0 Å². The highest BCUT2D eigenvalue weighted by Gasteiger charge is 2.47. The van der Waals surface area contributed by atoms with Crippen molar-refractivity contribution in [2.45, 2.75) is 24.5 Å². The molecule has 0 bridgehead atoms. The van der Waals surface area contributed by atoms with E-state index in [4.69, 9.17) is 11.5 Å². The lowest BCUT2D eigenvalue weighted by atomic mass is 9.81. The van der Waals surface area contributed by atoms with Crippen molar-refractivity contribution in [3.8, 4) is 0 Å². The molecule has 1 unspecified atom stereocenters. The van der Waals surface area contributed by atoms with Crippen LogP contribution in [0.5, 0.6) is 0 Å². The molecule has 5 N–H and O–H groups in total. The summed E-state index contributed by atoms with van der Waals surface area (Å²) in [6.45, 7) is -1.14. The lowest BCUT2D eigenvalue weighted by molar-refractivity contribution is -0.140. The molecule has 0 spiro atoms. The molecule has 2 aliphatic rings. The molecule has 2 heterocycles. The fourth-order valence-electron chi connectivity index (χ4n) is 2.86. The summed E-state index contributed by atoms with van der Waals surface area (Å²) in [5, 5.41) is 10.1. The van der Waals surface area contributed by atoms with E-state index in [2.05, 4.69) is 0 Å². The molecule has 2 rings (SSSR count). The summed E-state index contributed by atoms with van der Waals surface area (Å²) in [6, 6.07) is 0. The van der Waals surface area contributed by atoms with Gasteiger partial charge in [-0.1, -0.05) is 0 Å². The van der Waals surface area contributed by atoms with E-state index in [9.17, 15) is 33.9 Å². The molecule has 0 aliphatic carbocycles. The molecule has 11 nitrogen and oxygen atoms in total. The fourth-order valence-corrected chi connectivity index (χ4v) is 2.86. The minimum Gasteiger partial charge on any atom is -0.389 e. The van der Waals surface area contributed by atoms with E-state index in [0.717, 1.165) is 34.1 Å². The van der Waals surface area contributed by atoms with E-state index in [1.54, 1.807) is 0 Å². The van der Waals surface area contributed by atoms with Crippen LogP contribution >= 0.6 is 0 Å². The van der Waals surface area contributed by atoms with Crippen molar-refractivity contribution in [1.29, 1.82) is 0 Å². The van der Waals surface area contributed by atoms with Gasteiger partial charge in [-0.25, -0.2) is 0 Å². The molecule has 0 aromatic heterocycles. The topological polar surface area (TPSA) is 181 Å². The Balaban J connectivity index is 2.06. The zero-order valence-corrected chi connectivity index (χ0v) is 14.9. The van der Waals surface area contributed by atoms with Crippen LogP contribution in [-0.4, -0.2) is 81.4 Å². The van der Waals surface area contributed by atoms with Gasteiger partial charge in [0.1, 0.15) is 0 Å². The number of ketones is 2. The van der Waals surface area contributed by atoms with Crippen molar-refractivity contribution in [1.82, 2.24) is 9.80 Å². The lowest BCUT2D eigenvalue weighted by Crippen LogP contribution is -2.65. The second-order valence-electron chi connectivity index (χ2n) is 6.29. The number of hydrogen-bond acceptors (Lipinski definition) is 9. The van der Waals surface area contributed by atoms with Gasteiger partial charge in [0.05, 0.1) is 6.10 Å². The van der Waals surface area contributed by atoms with Gasteiger partial charge in [-0.05, 0) is 0 Å². The van der Waals surface area contributed by atoms with E-state index in [-0.39, 0.29) is 13.1 Å². The van der Waals surface area contributed by atoms with Gasteiger partial charge < -0.3 is 16.6 Å². The number of nitrogens with zero attached hydrogens (tertiary/aromatic N) is 2. The number of hydrogen-bond donors (Lipinski definition) is 3. The van der Waals surface area contributed by atoms with Gasteiger partial charge in [-0.15, -0.1) is 0 Å². The molecule has 0 fully saturated rings. The standard InChI is InChI=1S/C17H20N4O7/c18-9-12(24)17(19,10(22)5-7-20-13(25)1-2-14(20)26)11(23)6-8-21-15(27)3-4-16(21)28/h1-4,12,24H,5-9,18-19H2. The van der Waals surface area contributed by atoms with Gasteiger partial charge in [0.25, 0.3) is 23.6 Å². The van der Waals surface area contributed by atoms with Crippen LogP contribution in [0.4, 0.5) is 0 Å². The molecular weight excluding hydrogens is 372 g/mol. The van der Waals surface area contributed by atoms with Crippen LogP contribution in [0.3, 0.4) is 0 Å². The predicted molar refractivity (Wildman–Crippen MR) is 92.9 cm³/mol. The SMILES string of the molecule is NCC(O)C(N)(C(=O)CCN1C(=O)C=CC1=O)C(=O)CCN1C(=O)C=CC1=O. The Morgan fingerprint density at radius 3 is 1.46 bits per heavy atom. The number of rotatable bonds is 10. The summed E-state index contributed by atoms with van der Waals surface area (Å²) < 4.78 is 0. The van der Waals surface area contributed by atoms with Gasteiger partial charge in [0.2, 0.25) is 0 Å². The number of aliphatic hydroxyl groups is 1. The third-order valence-corrected chi connectivity index (χ3v) is 4.60. The average Bonchev–Trinajstić information content (AvgIpc) is 3.17. The largest absolute Gasteiger partial charge is 0.389 e. The summed E-state index contributed by atoms with van der Waals surface area (Å²) in [5.41, 5.74) is 8.88. The second kappa shape index (κ2) is 8.33. The second-order valence-corrected chi connectivity index (χ2v) is 6.29. The van der Waals surface area contributed by atoms with Gasteiger partial charge in [-0.3, -0.25) is 38.6 Å². The highest BCUT2D eigenvalue weighted by Crippen LogP contribution is 2.17. The smallest absolute Gasteiger partial charge is 0.253 e. The number of imide groups is 2. The number of carbonyl (C=O) groups is 6. The third kappa shape index (κ3) is 3.96. The molecule has 2 aliphatic heterocycles. The predicted octanol–water partition coefficient (Wildman–Crippen LogP) is -3.23. The lowest BCUT2D eigenvalue weighted by Gasteiger charge is -2.31. The van der Waals surface area contributed by atoms with Crippen LogP contribution in [0.15, 0.2) is 24.3 Å². The minimum atomic E-state index is -2.40. The van der Waals surface area contributed by atoms with E-state index in [1.165, 1.54) is 0 Å². The van der Waals surface area contributed by atoms with E-state index in [0.29, 0.717) is 0 Å². The van der Waals surface area contributed by atoms with Gasteiger partial charge in [0, 0.05) is 56.8 Å². The van der Waals surface area contributed by atoms with Crippen LogP contribution in [0.1, 0.15) is 12.8 Å². The Kier molecular flexibility index (Phi) is 6.33. The molecule has 11 heteroatoms. The van der Waals surface area contributed by atoms with Crippen LogP contribution < -0.4 is 11.5 Å². The van der Waals surface area contributed by atoms with Crippen LogP contribution in [0.2, 0.25) is 0 Å². The molecule has 0 radical (unpaired) electrons. The van der Waals surface area contributed by atoms with Crippen LogP contribution in [-0.2, 0) is 28.8 Å². The van der Waals surface area contributed by atoms with Crippen LogP contribution in [0.25, 0.3) is 0 Å². The number of amides is 4. The molecule has 150 valence electrons. The zero-order valence-electron chi connectivity index (χ0n) is 14.9. The number of carbonyl (C=O) groups excluding carboxylic acids is 6. The van der Waals surface area contributed by atoms with Gasteiger partial charge in [0.15, 0.2) is 17.1 Å². The Bertz CT molecular complexity index is 707. The monoisotopic (exact) mass is 392 g/mol. The summed E-state index contributed by atoms with van der Waals surface area (Å²) in [6.07, 6.45) is 1.50. The first-order valence-electron chi connectivity index (χ1n) is 8.43. The maximum Gasteiger partial charge on any atom is 0.253 e. The minimum absolute atomic E-state index is 0.319. The summed E-state index contributed by atoms with van der Waals surface area (Å²) in [5.74, 6) is -4.26. The van der Waals surface area contributed by atoms with Crippen molar-refractivity contribution in [2.24, 2.45) is 11.5 Å². The van der Waals surface area contributed by atoms with E-state index >= 15 is 0 Å². The van der Waals surface area contributed by atoms with Crippen molar-refractivity contribution in [2.75, 3.05) is 19.6 Å². The Labute approximate surface area is 159 Å². The Morgan fingerprint density at radius 1 is 0.857 bits per heavy atom. The van der Waals surface area contributed by atoms with Crippen LogP contribution in [0, 0.1) is 0 Å². The fraction of sp³-hybridized carbons (Fsp3) is 0.412. The molecule has 28 heavy (non-hydrogen) atoms. The number of aliphatic hydroxyl groups excluding tert-OH is 1. The molecule has 0 aromatic rings. The first-order valence-corrected chi connectivity index (χ1v) is 8.43. The molecule has 0 saturated heterocycles. The molecule has 1 atom stereocenters. The van der Waals surface area contributed by atoms with E-state index < -0.39 is 66.2 Å². The summed E-state index contributed by atoms with van der Waals surface area (Å²) >= 11 is 0. The normalized spacial score (nSPS) is 17.8. The molecule has 0 saturated carbocycles. The highest BCUT2D eigenvalue weighted by atomic mass is 16.3. The summed E-state index contributed by atoms with van der Waals surface area (Å²) in [7, 11) is 0. The Morgan fingerprint density at radius 2 is 1.18 bits per heavy atom. The van der Waals surface area contributed by atoms with Crippen molar-refractivity contribution < 1.29 is 33.9 Å². The maximum absolute atomic E-state index is 12.6. The van der Waals surface area contributed by atoms with E-state index in [1.807, 2.05) is 0 Å². The number of Topliss-reactive ketones (excluding diaryl/α,β-unsaturated/α-hetero) is 2. The zero-order chi connectivity index (χ0) is 21.1. The Hall–Kier alpha value is -3.02. The molecule has 0 aromatic carbocycles. The quantitative estimate of drug-likeness (QED) is 0.254. The van der Waals surface area contributed by atoms with Crippen molar-refractivity contribution in [3.63, 3.8) is 0 Å². The first kappa shape index (κ1) is 21.3. The van der Waals surface area contributed by atoms with Gasteiger partial charge in [-0.2, -0.15) is 0 Å². The maximum atomic E-state index is 12.6. The molecule has 4 amide bonds.